The number of nitrogens with zero attached hydrogens (tertiary/aromatic N) is 2. The number of ketones is 1. The lowest BCUT2D eigenvalue weighted by Gasteiger charge is -2.24. The van der Waals surface area contributed by atoms with Crippen molar-refractivity contribution in [2.75, 3.05) is 5.73 Å². The first kappa shape index (κ1) is 14.6. The largest absolute Gasteiger partial charge is 0.369 e. The number of carbonyl (C=O) groups is 1. The molecule has 120 valence electrons. The maximum absolute atomic E-state index is 12.6. The van der Waals surface area contributed by atoms with Gasteiger partial charge in [-0.25, -0.2) is 4.98 Å². The van der Waals surface area contributed by atoms with Gasteiger partial charge in [0.25, 0.3) is 5.56 Å². The molecule has 3 N–H and O–H groups in total. The molecule has 24 heavy (non-hydrogen) atoms. The number of rotatable bonds is 1. The molecule has 0 bridgehead atoms. The van der Waals surface area contributed by atoms with Crippen LogP contribution in [0.4, 0.5) is 5.95 Å². The van der Waals surface area contributed by atoms with Crippen LogP contribution in [0, 0.1) is 6.92 Å². The normalized spacial score (nSPS) is 17.0. The molecule has 1 aliphatic carbocycles. The van der Waals surface area contributed by atoms with Gasteiger partial charge in [-0.3, -0.25) is 14.6 Å². The lowest BCUT2D eigenvalue weighted by molar-refractivity contribution is 0.0964. The number of aromatic amines is 1. The second kappa shape index (κ2) is 5.26. The number of pyridine rings is 1. The maximum atomic E-state index is 12.6. The zero-order valence-electron chi connectivity index (χ0n) is 13.2. The van der Waals surface area contributed by atoms with Crippen molar-refractivity contribution in [1.29, 1.82) is 0 Å². The van der Waals surface area contributed by atoms with Gasteiger partial charge in [0.05, 0.1) is 5.39 Å². The first-order valence-corrected chi connectivity index (χ1v) is 7.80. The van der Waals surface area contributed by atoms with Crippen molar-refractivity contribution in [3.05, 3.63) is 63.1 Å². The molecule has 2 aromatic heterocycles. The minimum absolute atomic E-state index is 0.00690. The number of nitrogens with two attached hydrogens (primary N) is 1. The monoisotopic (exact) mass is 320 g/mol. The molecule has 0 saturated heterocycles. The molecule has 0 spiro atoms. The third-order valence-corrected chi connectivity index (χ3v) is 4.59. The average molecular weight is 320 g/mol. The molecular formula is C18H16N4O2. The van der Waals surface area contributed by atoms with Crippen LogP contribution in [0.1, 0.15) is 39.4 Å². The zero-order chi connectivity index (χ0) is 16.8. The number of benzene rings is 1. The van der Waals surface area contributed by atoms with E-state index in [0.29, 0.717) is 23.8 Å². The van der Waals surface area contributed by atoms with Gasteiger partial charge in [0.2, 0.25) is 5.95 Å². The Hall–Kier alpha value is -3.02. The standard InChI is InChI=1S/C18H16N4O2/c1-9-2-4-10(5-3-9)11-6-12-13(14(23)7-11)8-20-16-15(12)17(24)22-18(19)21-16/h2-5,8,11H,6-7H2,1H3,(H3,19,20,21,22,24). The van der Waals surface area contributed by atoms with Crippen molar-refractivity contribution in [2.45, 2.75) is 25.7 Å². The van der Waals surface area contributed by atoms with Crippen molar-refractivity contribution in [3.8, 4) is 0 Å². The number of H-pyrrole nitrogens is 1. The summed E-state index contributed by atoms with van der Waals surface area (Å²) in [5.74, 6) is 0.0813. The molecule has 1 unspecified atom stereocenters. The van der Waals surface area contributed by atoms with Gasteiger partial charge in [-0.2, -0.15) is 4.98 Å². The number of aromatic nitrogens is 3. The summed E-state index contributed by atoms with van der Waals surface area (Å²) in [4.78, 5) is 35.6. The van der Waals surface area contributed by atoms with Gasteiger partial charge in [0, 0.05) is 18.2 Å². The summed E-state index contributed by atoms with van der Waals surface area (Å²) in [6.45, 7) is 2.03. The van der Waals surface area contributed by atoms with Crippen molar-refractivity contribution >= 4 is 22.8 Å². The van der Waals surface area contributed by atoms with Gasteiger partial charge in [-0.05, 0) is 30.4 Å². The molecule has 0 radical (unpaired) electrons. The molecule has 6 heteroatoms. The molecular weight excluding hydrogens is 304 g/mol. The molecule has 0 aliphatic heterocycles. The van der Waals surface area contributed by atoms with Crippen LogP contribution in [0.15, 0.2) is 35.3 Å². The highest BCUT2D eigenvalue weighted by Gasteiger charge is 2.29. The molecule has 1 aromatic carbocycles. The number of Topliss-reactive ketones (excluding diaryl/α,β-unsaturated/α-hetero) is 1. The van der Waals surface area contributed by atoms with Crippen LogP contribution in [0.3, 0.4) is 0 Å². The van der Waals surface area contributed by atoms with Crippen LogP contribution in [0.25, 0.3) is 11.0 Å². The van der Waals surface area contributed by atoms with Gasteiger partial charge in [0.1, 0.15) is 0 Å². The summed E-state index contributed by atoms with van der Waals surface area (Å²) >= 11 is 0. The number of anilines is 1. The second-order valence-corrected chi connectivity index (χ2v) is 6.24. The Labute approximate surface area is 137 Å². The van der Waals surface area contributed by atoms with Gasteiger partial charge in [-0.1, -0.05) is 29.8 Å². The van der Waals surface area contributed by atoms with Crippen LogP contribution >= 0.6 is 0 Å². The Bertz CT molecular complexity index is 1020. The quantitative estimate of drug-likeness (QED) is 0.715. The van der Waals surface area contributed by atoms with Crippen LogP contribution < -0.4 is 11.3 Å². The highest BCUT2D eigenvalue weighted by molar-refractivity contribution is 6.02. The molecule has 0 amide bonds. The zero-order valence-corrected chi connectivity index (χ0v) is 13.2. The molecule has 4 rings (SSSR count). The van der Waals surface area contributed by atoms with E-state index in [4.69, 9.17) is 5.73 Å². The Morgan fingerprint density at radius 3 is 2.67 bits per heavy atom. The fourth-order valence-electron chi connectivity index (χ4n) is 3.36. The predicted molar refractivity (Wildman–Crippen MR) is 91.1 cm³/mol. The number of hydrogen-bond donors (Lipinski definition) is 2. The van der Waals surface area contributed by atoms with E-state index >= 15 is 0 Å². The number of aryl methyl sites for hydroxylation is 1. The third-order valence-electron chi connectivity index (χ3n) is 4.59. The van der Waals surface area contributed by atoms with Gasteiger partial charge >= 0.3 is 0 Å². The molecule has 0 saturated carbocycles. The van der Waals surface area contributed by atoms with Crippen molar-refractivity contribution in [1.82, 2.24) is 15.0 Å². The second-order valence-electron chi connectivity index (χ2n) is 6.24. The summed E-state index contributed by atoms with van der Waals surface area (Å²) in [7, 11) is 0. The first-order valence-electron chi connectivity index (χ1n) is 7.80. The lowest BCUT2D eigenvalue weighted by Crippen LogP contribution is -2.23. The van der Waals surface area contributed by atoms with E-state index in [1.54, 1.807) is 0 Å². The third kappa shape index (κ3) is 2.27. The van der Waals surface area contributed by atoms with Crippen molar-refractivity contribution in [2.24, 2.45) is 0 Å². The minimum Gasteiger partial charge on any atom is -0.369 e. The Morgan fingerprint density at radius 1 is 1.17 bits per heavy atom. The van der Waals surface area contributed by atoms with Gasteiger partial charge in [0.15, 0.2) is 11.4 Å². The number of nitrogen functional groups attached to an aromatic ring is 1. The van der Waals surface area contributed by atoms with Crippen molar-refractivity contribution in [3.63, 3.8) is 0 Å². The van der Waals surface area contributed by atoms with E-state index in [0.717, 1.165) is 11.1 Å². The number of fused-ring (bicyclic) bond motifs is 3. The fraction of sp³-hybridized carbons (Fsp3) is 0.222. The first-order chi connectivity index (χ1) is 11.5. The average Bonchev–Trinajstić information content (AvgIpc) is 2.54. The summed E-state index contributed by atoms with van der Waals surface area (Å²) < 4.78 is 0. The van der Waals surface area contributed by atoms with Gasteiger partial charge in [-0.15, -0.1) is 0 Å². The highest BCUT2D eigenvalue weighted by atomic mass is 16.1. The summed E-state index contributed by atoms with van der Waals surface area (Å²) in [6, 6.07) is 8.16. The van der Waals surface area contributed by atoms with E-state index in [2.05, 4.69) is 15.0 Å². The van der Waals surface area contributed by atoms with Crippen LogP contribution in [-0.4, -0.2) is 20.7 Å². The molecule has 1 aliphatic rings. The number of carbonyl (C=O) groups excluding carboxylic acids is 1. The minimum atomic E-state index is -0.348. The predicted octanol–water partition coefficient (Wildman–Crippen LogP) is 2.12. The summed E-state index contributed by atoms with van der Waals surface area (Å²) in [5, 5.41) is 0.367. The van der Waals surface area contributed by atoms with Crippen LogP contribution in [0.2, 0.25) is 0 Å². The molecule has 2 heterocycles. The van der Waals surface area contributed by atoms with E-state index < -0.39 is 0 Å². The Kier molecular flexibility index (Phi) is 3.19. The number of nitrogens with one attached hydrogen (secondary N) is 1. The van der Waals surface area contributed by atoms with Gasteiger partial charge < -0.3 is 5.73 Å². The lowest BCUT2D eigenvalue weighted by atomic mass is 9.79. The Morgan fingerprint density at radius 2 is 1.92 bits per heavy atom. The fourth-order valence-corrected chi connectivity index (χ4v) is 3.36. The van der Waals surface area contributed by atoms with E-state index in [1.807, 2.05) is 31.2 Å². The Balaban J connectivity index is 1.89. The topological polar surface area (TPSA) is 102 Å². The molecule has 0 fully saturated rings. The summed E-state index contributed by atoms with van der Waals surface area (Å²) in [6.07, 6.45) is 2.54. The smallest absolute Gasteiger partial charge is 0.262 e. The maximum Gasteiger partial charge on any atom is 0.262 e. The molecule has 3 aromatic rings. The van der Waals surface area contributed by atoms with E-state index in [9.17, 15) is 9.59 Å². The summed E-state index contributed by atoms with van der Waals surface area (Å²) in [5.41, 5.74) is 9.03. The molecule has 6 nitrogen and oxygen atoms in total. The highest BCUT2D eigenvalue weighted by Crippen LogP contribution is 2.34. The number of hydrogen-bond acceptors (Lipinski definition) is 5. The van der Waals surface area contributed by atoms with E-state index in [1.165, 1.54) is 11.8 Å². The SMILES string of the molecule is Cc1ccc(C2CC(=O)c3cnc4nc(N)[nH]c(=O)c4c3C2)cc1. The van der Waals surface area contributed by atoms with Crippen LogP contribution in [0.5, 0.6) is 0 Å². The molecule has 1 atom stereocenters. The van der Waals surface area contributed by atoms with Crippen molar-refractivity contribution < 1.29 is 4.79 Å². The van der Waals surface area contributed by atoms with E-state index in [-0.39, 0.29) is 28.9 Å². The van der Waals surface area contributed by atoms with Crippen LogP contribution in [-0.2, 0) is 6.42 Å².